The molecule has 3 nitrogen and oxygen atoms in total. The van der Waals surface area contributed by atoms with Gasteiger partial charge in [0.1, 0.15) is 5.82 Å². The molecule has 20 heavy (non-hydrogen) atoms. The van der Waals surface area contributed by atoms with Crippen molar-refractivity contribution in [1.29, 1.82) is 0 Å². The third kappa shape index (κ3) is 3.30. The average Bonchev–Trinajstić information content (AvgIpc) is 2.40. The molecule has 0 unspecified atom stereocenters. The fourth-order valence-electron chi connectivity index (χ4n) is 2.41. The first-order chi connectivity index (χ1) is 9.29. The normalized spacial score (nSPS) is 17.4. The second-order valence-corrected chi connectivity index (χ2v) is 6.51. The quantitative estimate of drug-likeness (QED) is 0.795. The molecule has 1 amide bonds. The summed E-state index contributed by atoms with van der Waals surface area (Å²) in [6.07, 6.45) is 0. The minimum atomic E-state index is -0.516. The number of halogens is 2. The van der Waals surface area contributed by atoms with Crippen LogP contribution in [-0.4, -0.2) is 47.4 Å². The minimum absolute atomic E-state index is 0.0571. The Morgan fingerprint density at radius 3 is 2.35 bits per heavy atom. The Hall–Kier alpha value is -1.13. The van der Waals surface area contributed by atoms with E-state index in [1.807, 2.05) is 0 Å². The number of benzene rings is 1. The van der Waals surface area contributed by atoms with Gasteiger partial charge in [0, 0.05) is 36.7 Å². The summed E-state index contributed by atoms with van der Waals surface area (Å²) in [4.78, 5) is 16.4. The van der Waals surface area contributed by atoms with Crippen LogP contribution in [0.25, 0.3) is 0 Å². The van der Waals surface area contributed by atoms with Crippen molar-refractivity contribution in [2.24, 2.45) is 0 Å². The molecule has 0 aromatic heterocycles. The molecule has 1 aromatic rings. The third-order valence-corrected chi connectivity index (χ3v) is 3.91. The van der Waals surface area contributed by atoms with Crippen LogP contribution in [0.5, 0.6) is 0 Å². The molecule has 0 bridgehead atoms. The highest BCUT2D eigenvalue weighted by molar-refractivity contribution is 6.31. The molecular weight excluding hydrogens is 279 g/mol. The van der Waals surface area contributed by atoms with Crippen molar-refractivity contribution in [2.75, 3.05) is 26.2 Å². The molecule has 5 heteroatoms. The van der Waals surface area contributed by atoms with Crippen molar-refractivity contribution in [3.05, 3.63) is 34.6 Å². The number of carbonyl (C=O) groups is 1. The number of hydrogen-bond donors (Lipinski definition) is 0. The summed E-state index contributed by atoms with van der Waals surface area (Å²) < 4.78 is 13.7. The number of hydrogen-bond acceptors (Lipinski definition) is 2. The van der Waals surface area contributed by atoms with Gasteiger partial charge in [0.15, 0.2) is 0 Å². The van der Waals surface area contributed by atoms with Crippen molar-refractivity contribution >= 4 is 17.5 Å². The summed E-state index contributed by atoms with van der Waals surface area (Å²) in [6.45, 7) is 9.29. The molecule has 1 heterocycles. The van der Waals surface area contributed by atoms with E-state index in [2.05, 4.69) is 25.7 Å². The van der Waals surface area contributed by atoms with Gasteiger partial charge in [-0.15, -0.1) is 0 Å². The van der Waals surface area contributed by atoms with Crippen molar-refractivity contribution < 1.29 is 9.18 Å². The Morgan fingerprint density at radius 1 is 1.20 bits per heavy atom. The van der Waals surface area contributed by atoms with Crippen LogP contribution >= 0.6 is 11.6 Å². The molecule has 1 aliphatic heterocycles. The molecule has 2 rings (SSSR count). The molecule has 0 radical (unpaired) electrons. The van der Waals surface area contributed by atoms with Gasteiger partial charge in [-0.3, -0.25) is 9.69 Å². The predicted molar refractivity (Wildman–Crippen MR) is 78.6 cm³/mol. The van der Waals surface area contributed by atoms with Gasteiger partial charge >= 0.3 is 0 Å². The summed E-state index contributed by atoms with van der Waals surface area (Å²) in [7, 11) is 0. The van der Waals surface area contributed by atoms with Crippen molar-refractivity contribution in [1.82, 2.24) is 9.80 Å². The molecule has 0 atom stereocenters. The van der Waals surface area contributed by atoms with E-state index in [9.17, 15) is 9.18 Å². The number of nitrogens with zero attached hydrogens (tertiary/aromatic N) is 2. The van der Waals surface area contributed by atoms with Gasteiger partial charge < -0.3 is 4.90 Å². The lowest BCUT2D eigenvalue weighted by Gasteiger charge is -2.42. The maximum atomic E-state index is 13.7. The number of piperazine rings is 1. The fourth-order valence-corrected chi connectivity index (χ4v) is 2.58. The maximum Gasteiger partial charge on any atom is 0.256 e. The van der Waals surface area contributed by atoms with Crippen molar-refractivity contribution in [3.8, 4) is 0 Å². The van der Waals surface area contributed by atoms with Gasteiger partial charge in [-0.25, -0.2) is 4.39 Å². The lowest BCUT2D eigenvalue weighted by atomic mass is 10.0. The van der Waals surface area contributed by atoms with E-state index in [0.29, 0.717) is 18.1 Å². The van der Waals surface area contributed by atoms with E-state index in [4.69, 9.17) is 11.6 Å². The lowest BCUT2D eigenvalue weighted by Crippen LogP contribution is -2.54. The SMILES string of the molecule is CC(C)(C)N1CCN(C(=O)c2cc(Cl)ccc2F)CC1. The Morgan fingerprint density at radius 2 is 1.80 bits per heavy atom. The number of carbonyl (C=O) groups excluding carboxylic acids is 1. The van der Waals surface area contributed by atoms with Crippen LogP contribution in [0.15, 0.2) is 18.2 Å². The Balaban J connectivity index is 2.07. The summed E-state index contributed by atoms with van der Waals surface area (Å²) in [5.41, 5.74) is 0.151. The van der Waals surface area contributed by atoms with Gasteiger partial charge in [-0.2, -0.15) is 0 Å². The zero-order valence-corrected chi connectivity index (χ0v) is 12.9. The van der Waals surface area contributed by atoms with E-state index in [0.717, 1.165) is 13.1 Å². The molecule has 1 aromatic carbocycles. The van der Waals surface area contributed by atoms with Crippen LogP contribution in [0, 0.1) is 5.82 Å². The van der Waals surface area contributed by atoms with Gasteiger partial charge in [-0.05, 0) is 39.0 Å². The summed E-state index contributed by atoms with van der Waals surface area (Å²) in [5, 5.41) is 0.378. The van der Waals surface area contributed by atoms with Crippen molar-refractivity contribution in [2.45, 2.75) is 26.3 Å². The molecule has 0 saturated carbocycles. The topological polar surface area (TPSA) is 23.6 Å². The highest BCUT2D eigenvalue weighted by Crippen LogP contribution is 2.20. The van der Waals surface area contributed by atoms with E-state index in [1.54, 1.807) is 4.90 Å². The Kier molecular flexibility index (Phi) is 4.35. The van der Waals surface area contributed by atoms with Crippen LogP contribution < -0.4 is 0 Å². The first-order valence-electron chi connectivity index (χ1n) is 6.78. The summed E-state index contributed by atoms with van der Waals surface area (Å²) in [6, 6.07) is 4.08. The number of amides is 1. The Labute approximate surface area is 124 Å². The maximum absolute atomic E-state index is 13.7. The van der Waals surface area contributed by atoms with Crippen LogP contribution in [0.4, 0.5) is 4.39 Å². The molecule has 1 fully saturated rings. The van der Waals surface area contributed by atoms with E-state index >= 15 is 0 Å². The van der Waals surface area contributed by atoms with Gasteiger partial charge in [-0.1, -0.05) is 11.6 Å². The highest BCUT2D eigenvalue weighted by atomic mass is 35.5. The summed E-state index contributed by atoms with van der Waals surface area (Å²) in [5.74, 6) is -0.795. The van der Waals surface area contributed by atoms with Crippen LogP contribution in [0.2, 0.25) is 5.02 Å². The Bertz CT molecular complexity index is 505. The largest absolute Gasteiger partial charge is 0.336 e. The van der Waals surface area contributed by atoms with Crippen LogP contribution in [0.3, 0.4) is 0 Å². The molecule has 110 valence electrons. The van der Waals surface area contributed by atoms with Crippen LogP contribution in [-0.2, 0) is 0 Å². The zero-order valence-electron chi connectivity index (χ0n) is 12.1. The molecule has 1 aliphatic rings. The predicted octanol–water partition coefficient (Wildman–Crippen LogP) is 3.04. The summed E-state index contributed by atoms with van der Waals surface area (Å²) >= 11 is 5.84. The standard InChI is InChI=1S/C15H20ClFN2O/c1-15(2,3)19-8-6-18(7-9-19)14(20)12-10-11(16)4-5-13(12)17/h4-5,10H,6-9H2,1-3H3. The van der Waals surface area contributed by atoms with Gasteiger partial charge in [0.05, 0.1) is 5.56 Å². The van der Waals surface area contributed by atoms with Gasteiger partial charge in [0.2, 0.25) is 0 Å². The highest BCUT2D eigenvalue weighted by Gasteiger charge is 2.29. The average molecular weight is 299 g/mol. The van der Waals surface area contributed by atoms with E-state index in [1.165, 1.54) is 18.2 Å². The second kappa shape index (κ2) is 5.70. The zero-order chi connectivity index (χ0) is 14.9. The molecule has 0 N–H and O–H groups in total. The molecule has 0 spiro atoms. The first kappa shape index (κ1) is 15.3. The van der Waals surface area contributed by atoms with Gasteiger partial charge in [0.25, 0.3) is 5.91 Å². The van der Waals surface area contributed by atoms with E-state index < -0.39 is 5.82 Å². The molecule has 0 aliphatic carbocycles. The minimum Gasteiger partial charge on any atom is -0.336 e. The third-order valence-electron chi connectivity index (χ3n) is 3.67. The first-order valence-corrected chi connectivity index (χ1v) is 7.16. The van der Waals surface area contributed by atoms with Crippen LogP contribution in [0.1, 0.15) is 31.1 Å². The fraction of sp³-hybridized carbons (Fsp3) is 0.533. The smallest absolute Gasteiger partial charge is 0.256 e. The molecule has 1 saturated heterocycles. The lowest BCUT2D eigenvalue weighted by molar-refractivity contribution is 0.0447. The number of rotatable bonds is 1. The monoisotopic (exact) mass is 298 g/mol. The second-order valence-electron chi connectivity index (χ2n) is 6.07. The molecular formula is C15H20ClFN2O. The van der Waals surface area contributed by atoms with Crippen molar-refractivity contribution in [3.63, 3.8) is 0 Å². The van der Waals surface area contributed by atoms with E-state index in [-0.39, 0.29) is 17.0 Å².